The molecule has 0 aliphatic carbocycles. The summed E-state index contributed by atoms with van der Waals surface area (Å²) < 4.78 is 0. The molecule has 1 heterocycles. The minimum atomic E-state index is 0.629. The van der Waals surface area contributed by atoms with E-state index in [0.29, 0.717) is 6.04 Å². The average molecular weight is 139 g/mol. The Balaban J connectivity index is 2.55. The highest BCUT2D eigenvalue weighted by Gasteiger charge is 2.11. The molecule has 0 aromatic heterocycles. The van der Waals surface area contributed by atoms with Crippen LogP contribution in [0.3, 0.4) is 0 Å². The van der Waals surface area contributed by atoms with Crippen LogP contribution >= 0.6 is 0 Å². The summed E-state index contributed by atoms with van der Waals surface area (Å²) in [7, 11) is 1.88. The molecule has 0 aromatic carbocycles. The smallest absolute Gasteiger partial charge is 0.186 e. The molecule has 1 atom stereocenters. The summed E-state index contributed by atoms with van der Waals surface area (Å²) in [6, 6.07) is 0.629. The van der Waals surface area contributed by atoms with Gasteiger partial charge in [0.05, 0.1) is 0 Å². The number of allylic oxidation sites excluding steroid dienone is 1. The molecule has 0 radical (unpaired) electrons. The predicted molar refractivity (Wildman–Crippen MR) is 41.9 cm³/mol. The van der Waals surface area contributed by atoms with Crippen molar-refractivity contribution in [3.05, 3.63) is 5.70 Å². The lowest BCUT2D eigenvalue weighted by Crippen LogP contribution is -2.61. The van der Waals surface area contributed by atoms with E-state index in [1.807, 2.05) is 7.05 Å². The third-order valence-electron chi connectivity index (χ3n) is 1.76. The largest absolute Gasteiger partial charge is 0.375 e. The predicted octanol–water partition coefficient (Wildman–Crippen LogP) is -0.588. The zero-order valence-corrected chi connectivity index (χ0v) is 6.70. The Labute approximate surface area is 62.0 Å². The highest BCUT2D eigenvalue weighted by atomic mass is 14.9. The van der Waals surface area contributed by atoms with Crippen LogP contribution in [0.25, 0.3) is 0 Å². The molecule has 0 amide bonds. The Morgan fingerprint density at radius 1 is 1.70 bits per heavy atom. The third-order valence-corrected chi connectivity index (χ3v) is 1.76. The fourth-order valence-corrected chi connectivity index (χ4v) is 1.28. The Kier molecular flexibility index (Phi) is 2.52. The van der Waals surface area contributed by atoms with Gasteiger partial charge in [-0.1, -0.05) is 0 Å². The summed E-state index contributed by atoms with van der Waals surface area (Å²) in [4.78, 5) is 2.91. The van der Waals surface area contributed by atoms with Gasteiger partial charge in [-0.2, -0.15) is 0 Å². The molecule has 1 rings (SSSR count). The maximum Gasteiger partial charge on any atom is 0.186 e. The molecule has 0 bridgehead atoms. The lowest BCUT2D eigenvalue weighted by Gasteiger charge is -2.20. The molecule has 2 nitrogen and oxygen atoms in total. The summed E-state index contributed by atoms with van der Waals surface area (Å²) in [6.45, 7) is 2.20. The van der Waals surface area contributed by atoms with E-state index in [1.165, 1.54) is 18.5 Å². The molecular weight excluding hydrogens is 124 g/mol. The molecule has 2 N–H and O–H groups in total. The van der Waals surface area contributed by atoms with Crippen LogP contribution in [0, 0.1) is 0 Å². The molecule has 1 fully saturated rings. The van der Waals surface area contributed by atoms with Gasteiger partial charge >= 0.3 is 0 Å². The summed E-state index contributed by atoms with van der Waals surface area (Å²) in [5.74, 6) is 3.07. The standard InChI is InChI=1S/C8H14N2/c1-7-4-3-5-8(10-7)6-9-2/h7,10H,3-5H2,1-2H3/p+1. The fourth-order valence-electron chi connectivity index (χ4n) is 1.28. The van der Waals surface area contributed by atoms with Crippen LogP contribution in [0.4, 0.5) is 0 Å². The molecular formula is C8H15N2+. The van der Waals surface area contributed by atoms with Crippen molar-refractivity contribution >= 4 is 5.87 Å². The highest BCUT2D eigenvalue weighted by Crippen LogP contribution is 2.11. The van der Waals surface area contributed by atoms with Crippen LogP contribution in [0.1, 0.15) is 26.2 Å². The number of hydrogen-bond donors (Lipinski definition) is 2. The van der Waals surface area contributed by atoms with E-state index >= 15 is 0 Å². The van der Waals surface area contributed by atoms with Gasteiger partial charge in [-0.15, -0.1) is 0 Å². The van der Waals surface area contributed by atoms with Gasteiger partial charge < -0.3 is 5.32 Å². The minimum Gasteiger partial charge on any atom is -0.375 e. The summed E-state index contributed by atoms with van der Waals surface area (Å²) in [5.41, 5.74) is 1.22. The van der Waals surface area contributed by atoms with E-state index in [4.69, 9.17) is 0 Å². The van der Waals surface area contributed by atoms with Crippen molar-refractivity contribution in [1.82, 2.24) is 5.32 Å². The number of rotatable bonds is 0. The SMILES string of the molecule is C[NH+]=C=C1CCCC(C)N1. The van der Waals surface area contributed by atoms with Gasteiger partial charge in [0.2, 0.25) is 0 Å². The van der Waals surface area contributed by atoms with E-state index < -0.39 is 0 Å². The summed E-state index contributed by atoms with van der Waals surface area (Å²) >= 11 is 0. The van der Waals surface area contributed by atoms with E-state index in [2.05, 4.69) is 23.1 Å². The minimum absolute atomic E-state index is 0.629. The molecule has 1 unspecified atom stereocenters. The van der Waals surface area contributed by atoms with Crippen molar-refractivity contribution in [3.8, 4) is 0 Å². The maximum absolute atomic E-state index is 3.36. The second kappa shape index (κ2) is 3.43. The van der Waals surface area contributed by atoms with Crippen LogP contribution in [0.2, 0.25) is 0 Å². The van der Waals surface area contributed by atoms with E-state index in [9.17, 15) is 0 Å². The first kappa shape index (κ1) is 7.36. The highest BCUT2D eigenvalue weighted by molar-refractivity contribution is 5.51. The normalized spacial score (nSPS) is 25.0. The lowest BCUT2D eigenvalue weighted by atomic mass is 10.0. The Bertz CT molecular complexity index is 166. The maximum atomic E-state index is 3.36. The number of nitrogens with one attached hydrogen (secondary N) is 2. The van der Waals surface area contributed by atoms with E-state index in [1.54, 1.807) is 0 Å². The van der Waals surface area contributed by atoms with Crippen LogP contribution in [0.15, 0.2) is 5.70 Å². The second-order valence-electron chi connectivity index (χ2n) is 2.79. The first-order valence-electron chi connectivity index (χ1n) is 3.88. The van der Waals surface area contributed by atoms with Crippen molar-refractivity contribution in [2.45, 2.75) is 32.2 Å². The van der Waals surface area contributed by atoms with Crippen molar-refractivity contribution in [1.29, 1.82) is 0 Å². The van der Waals surface area contributed by atoms with Crippen molar-refractivity contribution < 1.29 is 4.99 Å². The molecule has 2 heteroatoms. The lowest BCUT2D eigenvalue weighted by molar-refractivity contribution is -0.411. The molecule has 10 heavy (non-hydrogen) atoms. The molecule has 1 aliphatic heterocycles. The van der Waals surface area contributed by atoms with Gasteiger partial charge in [-0.3, -0.25) is 0 Å². The van der Waals surface area contributed by atoms with E-state index in [0.717, 1.165) is 6.42 Å². The molecule has 0 spiro atoms. The van der Waals surface area contributed by atoms with Gasteiger partial charge in [-0.25, -0.2) is 4.99 Å². The number of hydrogen-bond acceptors (Lipinski definition) is 1. The fraction of sp³-hybridized carbons (Fsp3) is 0.750. The van der Waals surface area contributed by atoms with Gasteiger partial charge in [0.1, 0.15) is 12.7 Å². The van der Waals surface area contributed by atoms with Crippen LogP contribution in [0.5, 0.6) is 0 Å². The molecule has 1 saturated heterocycles. The molecule has 56 valence electrons. The second-order valence-corrected chi connectivity index (χ2v) is 2.79. The average Bonchev–Trinajstić information content (AvgIpc) is 1.88. The summed E-state index contributed by atoms with van der Waals surface area (Å²) in [5, 5.41) is 3.36. The van der Waals surface area contributed by atoms with Crippen molar-refractivity contribution in [2.24, 2.45) is 0 Å². The Morgan fingerprint density at radius 2 is 2.50 bits per heavy atom. The van der Waals surface area contributed by atoms with Crippen LogP contribution < -0.4 is 10.3 Å². The molecule has 0 aromatic rings. The van der Waals surface area contributed by atoms with Gasteiger partial charge in [0.25, 0.3) is 0 Å². The van der Waals surface area contributed by atoms with Crippen molar-refractivity contribution in [3.63, 3.8) is 0 Å². The quantitative estimate of drug-likeness (QED) is 0.431. The van der Waals surface area contributed by atoms with Gasteiger partial charge in [0.15, 0.2) is 5.87 Å². The Morgan fingerprint density at radius 3 is 3.10 bits per heavy atom. The summed E-state index contributed by atoms with van der Waals surface area (Å²) in [6.07, 6.45) is 3.72. The Hall–Kier alpha value is -0.750. The van der Waals surface area contributed by atoms with Crippen LogP contribution in [-0.2, 0) is 0 Å². The number of piperidine rings is 1. The zero-order valence-electron chi connectivity index (χ0n) is 6.70. The van der Waals surface area contributed by atoms with Crippen molar-refractivity contribution in [2.75, 3.05) is 7.05 Å². The third kappa shape index (κ3) is 1.89. The topological polar surface area (TPSA) is 26.0 Å². The monoisotopic (exact) mass is 139 g/mol. The van der Waals surface area contributed by atoms with E-state index in [-0.39, 0.29) is 0 Å². The zero-order chi connectivity index (χ0) is 7.40. The molecule has 0 saturated carbocycles. The van der Waals surface area contributed by atoms with Gasteiger partial charge in [0, 0.05) is 12.5 Å². The molecule has 1 aliphatic rings. The first-order valence-corrected chi connectivity index (χ1v) is 3.88. The van der Waals surface area contributed by atoms with Gasteiger partial charge in [-0.05, 0) is 19.8 Å². The van der Waals surface area contributed by atoms with Crippen LogP contribution in [-0.4, -0.2) is 19.0 Å². The first-order chi connectivity index (χ1) is 4.83.